The summed E-state index contributed by atoms with van der Waals surface area (Å²) in [6.07, 6.45) is 2.46. The lowest BCUT2D eigenvalue weighted by molar-refractivity contribution is 0.983. The Kier molecular flexibility index (Phi) is 2.59. The molecule has 1 aliphatic carbocycles. The minimum atomic E-state index is 0.606. The minimum absolute atomic E-state index is 0.606. The molecule has 2 aromatic rings. The highest BCUT2D eigenvalue weighted by molar-refractivity contribution is 14.1. The van der Waals surface area contributed by atoms with E-state index >= 15 is 0 Å². The van der Waals surface area contributed by atoms with Crippen molar-refractivity contribution in [2.45, 2.75) is 18.8 Å². The third-order valence-corrected chi connectivity index (χ3v) is 4.43. The summed E-state index contributed by atoms with van der Waals surface area (Å²) in [5, 5.41) is 4.09. The van der Waals surface area contributed by atoms with Gasteiger partial charge in [-0.25, -0.2) is 9.97 Å². The number of aromatic nitrogens is 2. The van der Waals surface area contributed by atoms with E-state index in [1.54, 1.807) is 11.3 Å². The fraction of sp³-hybridized carbons (Fsp3) is 0.273. The molecular formula is C11H10IN3S. The molecule has 3 rings (SSSR count). The molecule has 2 heterocycles. The van der Waals surface area contributed by atoms with Gasteiger partial charge in [-0.15, -0.1) is 0 Å². The van der Waals surface area contributed by atoms with Gasteiger partial charge in [0.05, 0.1) is 9.26 Å². The van der Waals surface area contributed by atoms with Crippen LogP contribution < -0.4 is 5.73 Å². The molecule has 0 bridgehead atoms. The smallest absolute Gasteiger partial charge is 0.162 e. The van der Waals surface area contributed by atoms with Crippen LogP contribution in [0.15, 0.2) is 16.8 Å². The Morgan fingerprint density at radius 3 is 2.81 bits per heavy atom. The van der Waals surface area contributed by atoms with Crippen molar-refractivity contribution in [3.05, 3.63) is 26.1 Å². The Hall–Kier alpha value is -0.690. The van der Waals surface area contributed by atoms with Crippen LogP contribution in [0.4, 0.5) is 5.82 Å². The molecule has 0 spiro atoms. The van der Waals surface area contributed by atoms with Crippen LogP contribution in [0.5, 0.6) is 0 Å². The highest BCUT2D eigenvalue weighted by atomic mass is 127. The monoisotopic (exact) mass is 343 g/mol. The van der Waals surface area contributed by atoms with Crippen molar-refractivity contribution in [3.63, 3.8) is 0 Å². The SMILES string of the molecule is Nc1nc(-c2ccsc2)nc(C2CC2)c1I. The molecule has 1 saturated carbocycles. The molecule has 16 heavy (non-hydrogen) atoms. The highest BCUT2D eigenvalue weighted by Gasteiger charge is 2.29. The van der Waals surface area contributed by atoms with Gasteiger partial charge in [-0.1, -0.05) is 0 Å². The molecule has 0 amide bonds. The third kappa shape index (κ3) is 1.82. The summed E-state index contributed by atoms with van der Waals surface area (Å²) in [4.78, 5) is 9.00. The molecule has 0 aromatic carbocycles. The van der Waals surface area contributed by atoms with Gasteiger partial charge >= 0.3 is 0 Å². The Morgan fingerprint density at radius 2 is 2.19 bits per heavy atom. The highest BCUT2D eigenvalue weighted by Crippen LogP contribution is 2.42. The summed E-state index contributed by atoms with van der Waals surface area (Å²) in [7, 11) is 0. The molecule has 3 nitrogen and oxygen atoms in total. The molecule has 2 N–H and O–H groups in total. The van der Waals surface area contributed by atoms with Crippen molar-refractivity contribution < 1.29 is 0 Å². The minimum Gasteiger partial charge on any atom is -0.383 e. The molecule has 0 unspecified atom stereocenters. The lowest BCUT2D eigenvalue weighted by atomic mass is 10.2. The van der Waals surface area contributed by atoms with E-state index in [4.69, 9.17) is 5.73 Å². The molecule has 1 aliphatic rings. The number of nitrogens with zero attached hydrogens (tertiary/aromatic N) is 2. The van der Waals surface area contributed by atoms with Crippen molar-refractivity contribution in [2.75, 3.05) is 5.73 Å². The fourth-order valence-electron chi connectivity index (χ4n) is 1.63. The van der Waals surface area contributed by atoms with Crippen molar-refractivity contribution in [1.29, 1.82) is 0 Å². The summed E-state index contributed by atoms with van der Waals surface area (Å²) in [5.41, 5.74) is 8.14. The van der Waals surface area contributed by atoms with Gasteiger partial charge in [-0.3, -0.25) is 0 Å². The Morgan fingerprint density at radius 1 is 1.38 bits per heavy atom. The molecule has 1 fully saturated rings. The van der Waals surface area contributed by atoms with Crippen LogP contribution in [0.1, 0.15) is 24.5 Å². The van der Waals surface area contributed by atoms with Gasteiger partial charge in [-0.2, -0.15) is 11.3 Å². The van der Waals surface area contributed by atoms with E-state index in [0.717, 1.165) is 20.7 Å². The van der Waals surface area contributed by atoms with Gasteiger partial charge in [0, 0.05) is 16.9 Å². The molecule has 0 aliphatic heterocycles. The predicted molar refractivity (Wildman–Crippen MR) is 74.4 cm³/mol. The lowest BCUT2D eigenvalue weighted by Crippen LogP contribution is -2.03. The number of rotatable bonds is 2. The first-order chi connectivity index (χ1) is 7.75. The van der Waals surface area contributed by atoms with Gasteiger partial charge in [0.25, 0.3) is 0 Å². The number of thiophene rings is 1. The maximum Gasteiger partial charge on any atom is 0.162 e. The van der Waals surface area contributed by atoms with Crippen molar-refractivity contribution in [2.24, 2.45) is 0 Å². The average molecular weight is 343 g/mol. The fourth-order valence-corrected chi connectivity index (χ4v) is 2.95. The van der Waals surface area contributed by atoms with E-state index in [0.29, 0.717) is 11.7 Å². The van der Waals surface area contributed by atoms with Gasteiger partial charge in [0.15, 0.2) is 5.82 Å². The first-order valence-corrected chi connectivity index (χ1v) is 7.13. The summed E-state index contributed by atoms with van der Waals surface area (Å²) >= 11 is 3.90. The van der Waals surface area contributed by atoms with Crippen molar-refractivity contribution in [3.8, 4) is 11.4 Å². The van der Waals surface area contributed by atoms with Gasteiger partial charge in [0.1, 0.15) is 5.82 Å². The first kappa shape index (κ1) is 10.5. The maximum absolute atomic E-state index is 5.94. The van der Waals surface area contributed by atoms with Crippen LogP contribution in [0, 0.1) is 3.57 Å². The van der Waals surface area contributed by atoms with Crippen LogP contribution in [0.25, 0.3) is 11.4 Å². The molecule has 0 saturated heterocycles. The zero-order valence-electron chi connectivity index (χ0n) is 8.48. The second-order valence-electron chi connectivity index (χ2n) is 3.92. The largest absolute Gasteiger partial charge is 0.383 e. The Balaban J connectivity index is 2.13. The van der Waals surface area contributed by atoms with E-state index < -0.39 is 0 Å². The van der Waals surface area contributed by atoms with Crippen molar-refractivity contribution in [1.82, 2.24) is 9.97 Å². The van der Waals surface area contributed by atoms with E-state index in [1.165, 1.54) is 12.8 Å². The van der Waals surface area contributed by atoms with Gasteiger partial charge in [-0.05, 0) is 46.9 Å². The van der Waals surface area contributed by atoms with E-state index in [2.05, 4.69) is 37.9 Å². The second-order valence-corrected chi connectivity index (χ2v) is 5.78. The lowest BCUT2D eigenvalue weighted by Gasteiger charge is -2.07. The number of anilines is 1. The first-order valence-electron chi connectivity index (χ1n) is 5.11. The predicted octanol–water partition coefficient (Wildman–Crippen LogP) is 3.27. The number of halogens is 1. The van der Waals surface area contributed by atoms with Crippen LogP contribution in [-0.2, 0) is 0 Å². The molecule has 0 radical (unpaired) electrons. The van der Waals surface area contributed by atoms with E-state index in [1.807, 2.05) is 11.4 Å². The van der Waals surface area contributed by atoms with E-state index in [9.17, 15) is 0 Å². The van der Waals surface area contributed by atoms with Crippen LogP contribution in [0.3, 0.4) is 0 Å². The maximum atomic E-state index is 5.94. The Labute approximate surface area is 111 Å². The van der Waals surface area contributed by atoms with E-state index in [-0.39, 0.29) is 0 Å². The van der Waals surface area contributed by atoms with Crippen LogP contribution >= 0.6 is 33.9 Å². The molecule has 2 aromatic heterocycles. The second kappa shape index (κ2) is 3.96. The topological polar surface area (TPSA) is 51.8 Å². The third-order valence-electron chi connectivity index (χ3n) is 2.65. The average Bonchev–Trinajstić information content (AvgIpc) is 2.96. The Bertz CT molecular complexity index is 520. The number of nitrogen functional groups attached to an aromatic ring is 1. The molecule has 5 heteroatoms. The van der Waals surface area contributed by atoms with Crippen LogP contribution in [0.2, 0.25) is 0 Å². The number of hydrogen-bond acceptors (Lipinski definition) is 4. The number of nitrogens with two attached hydrogens (primary N) is 1. The summed E-state index contributed by atoms with van der Waals surface area (Å²) < 4.78 is 1.03. The zero-order valence-corrected chi connectivity index (χ0v) is 11.5. The summed E-state index contributed by atoms with van der Waals surface area (Å²) in [6.45, 7) is 0. The standard InChI is InChI=1S/C11H10IN3S/c12-8-9(6-1-2-6)14-11(15-10(8)13)7-3-4-16-5-7/h3-6H,1-2H2,(H2,13,14,15). The quantitative estimate of drug-likeness (QED) is 0.852. The molecule has 82 valence electrons. The van der Waals surface area contributed by atoms with Crippen molar-refractivity contribution >= 4 is 39.7 Å². The van der Waals surface area contributed by atoms with Crippen LogP contribution in [-0.4, -0.2) is 9.97 Å². The summed E-state index contributed by atoms with van der Waals surface area (Å²) in [5.74, 6) is 1.98. The van der Waals surface area contributed by atoms with Gasteiger partial charge in [0.2, 0.25) is 0 Å². The normalized spacial score (nSPS) is 15.3. The zero-order chi connectivity index (χ0) is 11.1. The molecule has 0 atom stereocenters. The van der Waals surface area contributed by atoms with Gasteiger partial charge < -0.3 is 5.73 Å². The number of hydrogen-bond donors (Lipinski definition) is 1. The molecular weight excluding hydrogens is 333 g/mol. The summed E-state index contributed by atoms with van der Waals surface area (Å²) in [6, 6.07) is 2.03.